The van der Waals surface area contributed by atoms with Gasteiger partial charge in [-0.05, 0) is 23.3 Å². The fraction of sp³-hybridized carbons (Fsp3) is 0.0909. The number of benzene rings is 3. The van der Waals surface area contributed by atoms with Crippen molar-refractivity contribution in [1.29, 1.82) is 0 Å². The van der Waals surface area contributed by atoms with E-state index in [-0.39, 0.29) is 55.5 Å². The van der Waals surface area contributed by atoms with Crippen molar-refractivity contribution < 1.29 is 62.6 Å². The molecular formula is C22H20NNaO7S. The standard InChI is InChI=1S/C22H19NO7S.Na.H/c24-21(28-15-17-9-3-1-4-10-17)19-13-7-8-14-20(19)30-31(26,27)23-22(25)29-16-18-11-5-2-6-12-18;;/h1-14H,15-16H2,(H,23,25);;/q;+1;-1. The van der Waals surface area contributed by atoms with Crippen LogP contribution < -0.4 is 38.5 Å². The van der Waals surface area contributed by atoms with Gasteiger partial charge < -0.3 is 15.1 Å². The molecular weight excluding hydrogens is 445 g/mol. The zero-order valence-corrected chi connectivity index (χ0v) is 20.1. The van der Waals surface area contributed by atoms with E-state index in [0.29, 0.717) is 5.56 Å². The first-order valence-electron chi connectivity index (χ1n) is 9.16. The van der Waals surface area contributed by atoms with Crippen molar-refractivity contribution >= 4 is 22.4 Å². The molecule has 3 aromatic rings. The van der Waals surface area contributed by atoms with Gasteiger partial charge in [-0.2, -0.15) is 13.1 Å². The van der Waals surface area contributed by atoms with Gasteiger partial charge in [-0.3, -0.25) is 0 Å². The van der Waals surface area contributed by atoms with Crippen LogP contribution in [0.4, 0.5) is 4.79 Å². The Morgan fingerprint density at radius 1 is 0.750 bits per heavy atom. The van der Waals surface area contributed by atoms with Gasteiger partial charge >= 0.3 is 51.9 Å². The number of nitrogens with one attached hydrogen (secondary N) is 1. The number of ether oxygens (including phenoxy) is 2. The summed E-state index contributed by atoms with van der Waals surface area (Å²) >= 11 is 0. The second kappa shape index (κ2) is 12.3. The van der Waals surface area contributed by atoms with Gasteiger partial charge in [0.15, 0.2) is 5.75 Å². The van der Waals surface area contributed by atoms with E-state index in [1.807, 2.05) is 6.07 Å². The third kappa shape index (κ3) is 8.01. The summed E-state index contributed by atoms with van der Waals surface area (Å²) in [5, 5.41) is 0. The van der Waals surface area contributed by atoms with E-state index in [1.54, 1.807) is 59.3 Å². The zero-order valence-electron chi connectivity index (χ0n) is 18.3. The van der Waals surface area contributed by atoms with Crippen molar-refractivity contribution in [3.8, 4) is 5.75 Å². The molecule has 0 aliphatic heterocycles. The maximum Gasteiger partial charge on any atom is 1.00 e. The molecule has 0 spiro atoms. The van der Waals surface area contributed by atoms with Crippen molar-refractivity contribution in [2.45, 2.75) is 13.2 Å². The Balaban J connectivity index is 0.00000272. The summed E-state index contributed by atoms with van der Waals surface area (Å²) < 4.78 is 41.0. The number of rotatable bonds is 8. The van der Waals surface area contributed by atoms with Gasteiger partial charge in [0, 0.05) is 0 Å². The summed E-state index contributed by atoms with van der Waals surface area (Å²) in [7, 11) is -4.59. The molecule has 1 N–H and O–H groups in total. The van der Waals surface area contributed by atoms with Gasteiger partial charge in [0.2, 0.25) is 0 Å². The van der Waals surface area contributed by atoms with Gasteiger partial charge in [-0.15, -0.1) is 0 Å². The molecule has 0 heterocycles. The Labute approximate surface area is 209 Å². The maximum atomic E-state index is 12.4. The van der Waals surface area contributed by atoms with Gasteiger partial charge in [0.1, 0.15) is 18.8 Å². The first-order chi connectivity index (χ1) is 14.9. The van der Waals surface area contributed by atoms with Crippen LogP contribution >= 0.6 is 0 Å². The summed E-state index contributed by atoms with van der Waals surface area (Å²) in [4.78, 5) is 24.2. The second-order valence-electron chi connectivity index (χ2n) is 6.26. The number of esters is 1. The molecule has 162 valence electrons. The van der Waals surface area contributed by atoms with Gasteiger partial charge in [0.05, 0.1) is 0 Å². The molecule has 0 radical (unpaired) electrons. The van der Waals surface area contributed by atoms with E-state index >= 15 is 0 Å². The zero-order chi connectivity index (χ0) is 22.1. The molecule has 32 heavy (non-hydrogen) atoms. The van der Waals surface area contributed by atoms with Crippen molar-refractivity contribution in [2.75, 3.05) is 0 Å². The Hall–Kier alpha value is -2.85. The number of hydrogen-bond acceptors (Lipinski definition) is 7. The summed E-state index contributed by atoms with van der Waals surface area (Å²) in [6.07, 6.45) is -1.21. The molecule has 8 nitrogen and oxygen atoms in total. The largest absolute Gasteiger partial charge is 1.00 e. The van der Waals surface area contributed by atoms with E-state index in [9.17, 15) is 18.0 Å². The molecule has 3 rings (SSSR count). The second-order valence-corrected chi connectivity index (χ2v) is 7.54. The van der Waals surface area contributed by atoms with Gasteiger partial charge in [-0.1, -0.05) is 72.8 Å². The van der Waals surface area contributed by atoms with Crippen LogP contribution in [0.1, 0.15) is 22.9 Å². The van der Waals surface area contributed by atoms with Crippen LogP contribution in [0.2, 0.25) is 0 Å². The van der Waals surface area contributed by atoms with Crippen LogP contribution in [0, 0.1) is 0 Å². The Bertz CT molecular complexity index is 1150. The van der Waals surface area contributed by atoms with Crippen molar-refractivity contribution in [2.24, 2.45) is 0 Å². The first-order valence-corrected chi connectivity index (χ1v) is 10.6. The molecule has 0 aliphatic carbocycles. The minimum Gasteiger partial charge on any atom is -1.00 e. The summed E-state index contributed by atoms with van der Waals surface area (Å²) in [6.45, 7) is -0.116. The normalized spacial score (nSPS) is 10.4. The quantitative estimate of drug-likeness (QED) is 0.386. The third-order valence-corrected chi connectivity index (χ3v) is 4.76. The summed E-state index contributed by atoms with van der Waals surface area (Å²) in [6, 6.07) is 23.4. The van der Waals surface area contributed by atoms with Crippen molar-refractivity contribution in [1.82, 2.24) is 4.72 Å². The fourth-order valence-electron chi connectivity index (χ4n) is 2.50. The average Bonchev–Trinajstić information content (AvgIpc) is 2.77. The first kappa shape index (κ1) is 25.4. The summed E-state index contributed by atoms with van der Waals surface area (Å²) in [5.41, 5.74) is 1.34. The molecule has 0 saturated carbocycles. The average molecular weight is 465 g/mol. The minimum atomic E-state index is -4.59. The van der Waals surface area contributed by atoms with Crippen LogP contribution in [-0.2, 0) is 33.0 Å². The van der Waals surface area contributed by atoms with E-state index < -0.39 is 22.4 Å². The van der Waals surface area contributed by atoms with E-state index in [4.69, 9.17) is 13.7 Å². The molecule has 10 heteroatoms. The number of carbonyl (C=O) groups is 2. The number of para-hydroxylation sites is 1. The molecule has 1 amide bonds. The van der Waals surface area contributed by atoms with E-state index in [0.717, 1.165) is 5.56 Å². The predicted octanol–water partition coefficient (Wildman–Crippen LogP) is 0.710. The van der Waals surface area contributed by atoms with Crippen molar-refractivity contribution in [3.05, 3.63) is 102 Å². The van der Waals surface area contributed by atoms with Crippen LogP contribution in [0.3, 0.4) is 0 Å². The monoisotopic (exact) mass is 465 g/mol. The summed E-state index contributed by atoms with van der Waals surface area (Å²) in [5.74, 6) is -1.06. The third-order valence-electron chi connectivity index (χ3n) is 3.94. The Morgan fingerprint density at radius 3 is 1.84 bits per heavy atom. The van der Waals surface area contributed by atoms with E-state index in [1.165, 1.54) is 24.3 Å². The van der Waals surface area contributed by atoms with Crippen molar-refractivity contribution in [3.63, 3.8) is 0 Å². The SMILES string of the molecule is O=C(NS(=O)(=O)Oc1ccccc1C(=O)OCc1ccccc1)OCc1ccccc1.[H-].[Na+]. The topological polar surface area (TPSA) is 108 Å². The molecule has 0 aliphatic rings. The molecule has 0 bridgehead atoms. The molecule has 0 fully saturated rings. The van der Waals surface area contributed by atoms with Gasteiger partial charge in [0.25, 0.3) is 0 Å². The smallest absolute Gasteiger partial charge is 1.00 e. The number of amides is 1. The van der Waals surface area contributed by atoms with Gasteiger partial charge in [-0.25, -0.2) is 9.59 Å². The minimum absolute atomic E-state index is 0. The number of carbonyl (C=O) groups excluding carboxylic acids is 2. The number of hydrogen-bond donors (Lipinski definition) is 1. The van der Waals surface area contributed by atoms with Crippen LogP contribution in [-0.4, -0.2) is 20.5 Å². The molecule has 0 atom stereocenters. The Kier molecular flexibility index (Phi) is 9.73. The van der Waals surface area contributed by atoms with Crippen LogP contribution in [0.15, 0.2) is 84.9 Å². The molecule has 3 aromatic carbocycles. The maximum absolute atomic E-state index is 12.4. The molecule has 0 aromatic heterocycles. The van der Waals surface area contributed by atoms with E-state index in [2.05, 4.69) is 0 Å². The fourth-order valence-corrected chi connectivity index (χ4v) is 3.19. The van der Waals surface area contributed by atoms with Crippen LogP contribution in [0.25, 0.3) is 0 Å². The molecule has 0 unspecified atom stereocenters. The Morgan fingerprint density at radius 2 is 1.25 bits per heavy atom. The van der Waals surface area contributed by atoms with Crippen LogP contribution in [0.5, 0.6) is 5.75 Å². The predicted molar refractivity (Wildman–Crippen MR) is 112 cm³/mol. The molecule has 0 saturated heterocycles.